The zero-order valence-electron chi connectivity index (χ0n) is 10.1. The Hall–Kier alpha value is -1.26. The summed E-state index contributed by atoms with van der Waals surface area (Å²) in [6, 6.07) is 3.60. The predicted molar refractivity (Wildman–Crippen MR) is 73.3 cm³/mol. The van der Waals surface area contributed by atoms with Gasteiger partial charge in [0.25, 0.3) is 0 Å². The molecule has 0 radical (unpaired) electrons. The summed E-state index contributed by atoms with van der Waals surface area (Å²) in [5.41, 5.74) is 2.24. The molecule has 4 nitrogen and oxygen atoms in total. The van der Waals surface area contributed by atoms with E-state index in [1.807, 2.05) is 19.9 Å². The highest BCUT2D eigenvalue weighted by Crippen LogP contribution is 2.27. The second kappa shape index (κ2) is 6.61. The van der Waals surface area contributed by atoms with Gasteiger partial charge in [-0.2, -0.15) is 0 Å². The lowest BCUT2D eigenvalue weighted by atomic mass is 10.1. The number of rotatable bonds is 3. The Morgan fingerprint density at radius 1 is 1.22 bits per heavy atom. The van der Waals surface area contributed by atoms with Crippen LogP contribution in [0, 0.1) is 13.8 Å². The third-order valence-corrected chi connectivity index (χ3v) is 2.74. The number of alkyl halides is 1. The molecule has 0 atom stereocenters. The van der Waals surface area contributed by atoms with Crippen molar-refractivity contribution in [3.63, 3.8) is 0 Å². The SMILES string of the molecule is Cc1cc(C)c(NC(=O)C(=O)NCCCl)c(Cl)c1. The Balaban J connectivity index is 2.79. The number of benzene rings is 1. The van der Waals surface area contributed by atoms with Gasteiger partial charge in [-0.15, -0.1) is 11.6 Å². The van der Waals surface area contributed by atoms with E-state index in [1.54, 1.807) is 6.07 Å². The van der Waals surface area contributed by atoms with E-state index in [4.69, 9.17) is 23.2 Å². The Labute approximate surface area is 116 Å². The minimum Gasteiger partial charge on any atom is -0.347 e. The summed E-state index contributed by atoms with van der Waals surface area (Å²) in [6.07, 6.45) is 0. The Morgan fingerprint density at radius 2 is 1.89 bits per heavy atom. The zero-order valence-corrected chi connectivity index (χ0v) is 11.7. The number of halogens is 2. The van der Waals surface area contributed by atoms with Gasteiger partial charge >= 0.3 is 11.8 Å². The zero-order chi connectivity index (χ0) is 13.7. The fraction of sp³-hybridized carbons (Fsp3) is 0.333. The van der Waals surface area contributed by atoms with E-state index < -0.39 is 11.8 Å². The third kappa shape index (κ3) is 3.89. The Bertz CT molecular complexity index is 452. The fourth-order valence-electron chi connectivity index (χ4n) is 1.49. The maximum atomic E-state index is 11.6. The van der Waals surface area contributed by atoms with Gasteiger partial charge in [-0.3, -0.25) is 9.59 Å². The first kappa shape index (κ1) is 14.8. The minimum atomic E-state index is -0.756. The van der Waals surface area contributed by atoms with Crippen LogP contribution >= 0.6 is 23.2 Å². The Kier molecular flexibility index (Phi) is 5.44. The van der Waals surface area contributed by atoms with Crippen LogP contribution in [0.1, 0.15) is 11.1 Å². The first-order valence-corrected chi connectivity index (χ1v) is 6.29. The molecule has 0 aliphatic heterocycles. The molecule has 0 bridgehead atoms. The first-order valence-electron chi connectivity index (χ1n) is 5.37. The average Bonchev–Trinajstić information content (AvgIpc) is 2.30. The molecule has 98 valence electrons. The van der Waals surface area contributed by atoms with Crippen LogP contribution in [0.25, 0.3) is 0 Å². The monoisotopic (exact) mass is 288 g/mol. The van der Waals surface area contributed by atoms with Crippen LogP contribution in [0.5, 0.6) is 0 Å². The van der Waals surface area contributed by atoms with Gasteiger partial charge in [-0.25, -0.2) is 0 Å². The summed E-state index contributed by atoms with van der Waals surface area (Å²) in [4.78, 5) is 23.0. The van der Waals surface area contributed by atoms with Gasteiger partial charge in [0.15, 0.2) is 0 Å². The molecule has 0 heterocycles. The van der Waals surface area contributed by atoms with Gasteiger partial charge in [0.05, 0.1) is 10.7 Å². The summed E-state index contributed by atoms with van der Waals surface area (Å²) in [6.45, 7) is 3.96. The fourth-order valence-corrected chi connectivity index (χ4v) is 1.95. The summed E-state index contributed by atoms with van der Waals surface area (Å²) in [7, 11) is 0. The normalized spacial score (nSPS) is 10.0. The van der Waals surface area contributed by atoms with Crippen molar-refractivity contribution >= 4 is 40.7 Å². The molecule has 0 fully saturated rings. The number of carbonyl (C=O) groups is 2. The van der Waals surface area contributed by atoms with Crippen molar-refractivity contribution in [3.05, 3.63) is 28.3 Å². The summed E-state index contributed by atoms with van der Waals surface area (Å²) in [5.74, 6) is -1.23. The van der Waals surface area contributed by atoms with Crippen molar-refractivity contribution in [1.29, 1.82) is 0 Å². The number of nitrogens with one attached hydrogen (secondary N) is 2. The summed E-state index contributed by atoms with van der Waals surface area (Å²) < 4.78 is 0. The smallest absolute Gasteiger partial charge is 0.313 e. The maximum absolute atomic E-state index is 11.6. The first-order chi connectivity index (χ1) is 8.45. The lowest BCUT2D eigenvalue weighted by Crippen LogP contribution is -2.36. The number of aryl methyl sites for hydroxylation is 2. The molecule has 2 amide bonds. The van der Waals surface area contributed by atoms with Crippen LogP contribution < -0.4 is 10.6 Å². The molecular formula is C12H14Cl2N2O2. The average molecular weight is 289 g/mol. The highest BCUT2D eigenvalue weighted by atomic mass is 35.5. The molecular weight excluding hydrogens is 275 g/mol. The number of amides is 2. The molecule has 0 unspecified atom stereocenters. The molecule has 1 aromatic carbocycles. The molecule has 2 N–H and O–H groups in total. The Morgan fingerprint density at radius 3 is 2.44 bits per heavy atom. The van der Waals surface area contributed by atoms with E-state index in [9.17, 15) is 9.59 Å². The third-order valence-electron chi connectivity index (χ3n) is 2.26. The van der Waals surface area contributed by atoms with E-state index in [1.165, 1.54) is 0 Å². The van der Waals surface area contributed by atoms with E-state index in [-0.39, 0.29) is 12.4 Å². The van der Waals surface area contributed by atoms with E-state index in [0.717, 1.165) is 11.1 Å². The van der Waals surface area contributed by atoms with Crippen molar-refractivity contribution in [2.24, 2.45) is 0 Å². The molecule has 1 aromatic rings. The van der Waals surface area contributed by atoms with Gasteiger partial charge in [-0.1, -0.05) is 17.7 Å². The molecule has 0 aromatic heterocycles. The summed E-state index contributed by atoms with van der Waals surface area (Å²) >= 11 is 11.4. The van der Waals surface area contributed by atoms with Crippen molar-refractivity contribution in [1.82, 2.24) is 5.32 Å². The molecule has 0 saturated carbocycles. The number of hydrogen-bond donors (Lipinski definition) is 2. The second-order valence-corrected chi connectivity index (χ2v) is 4.62. The predicted octanol–water partition coefficient (Wildman–Crippen LogP) is 2.25. The molecule has 18 heavy (non-hydrogen) atoms. The van der Waals surface area contributed by atoms with Crippen molar-refractivity contribution in [2.45, 2.75) is 13.8 Å². The molecule has 1 rings (SSSR count). The van der Waals surface area contributed by atoms with Gasteiger partial charge < -0.3 is 10.6 Å². The summed E-state index contributed by atoms with van der Waals surface area (Å²) in [5, 5.41) is 5.27. The van der Waals surface area contributed by atoms with Crippen LogP contribution in [0.4, 0.5) is 5.69 Å². The highest BCUT2D eigenvalue weighted by molar-refractivity contribution is 6.41. The van der Waals surface area contributed by atoms with Crippen LogP contribution in [-0.2, 0) is 9.59 Å². The second-order valence-electron chi connectivity index (χ2n) is 3.84. The van der Waals surface area contributed by atoms with Crippen LogP contribution in [0.15, 0.2) is 12.1 Å². The molecule has 6 heteroatoms. The quantitative estimate of drug-likeness (QED) is 0.662. The number of anilines is 1. The van der Waals surface area contributed by atoms with Gasteiger partial charge in [-0.05, 0) is 31.0 Å². The topological polar surface area (TPSA) is 58.2 Å². The largest absolute Gasteiger partial charge is 0.347 e. The standard InChI is InChI=1S/C12H14Cl2N2O2/c1-7-5-8(2)10(9(14)6-7)16-12(18)11(17)15-4-3-13/h5-6H,3-4H2,1-2H3,(H,15,17)(H,16,18). The maximum Gasteiger partial charge on any atom is 0.313 e. The van der Waals surface area contributed by atoms with Crippen LogP contribution in [-0.4, -0.2) is 24.2 Å². The van der Waals surface area contributed by atoms with Crippen molar-refractivity contribution in [2.75, 3.05) is 17.7 Å². The molecule has 0 saturated heterocycles. The van der Waals surface area contributed by atoms with E-state index in [2.05, 4.69) is 10.6 Å². The molecule has 0 aliphatic rings. The lowest BCUT2D eigenvalue weighted by Gasteiger charge is -2.11. The van der Waals surface area contributed by atoms with Crippen LogP contribution in [0.3, 0.4) is 0 Å². The van der Waals surface area contributed by atoms with Gasteiger partial charge in [0.2, 0.25) is 0 Å². The van der Waals surface area contributed by atoms with Gasteiger partial charge in [0, 0.05) is 12.4 Å². The highest BCUT2D eigenvalue weighted by Gasteiger charge is 2.15. The number of hydrogen-bond acceptors (Lipinski definition) is 2. The molecule has 0 spiro atoms. The van der Waals surface area contributed by atoms with Crippen LogP contribution in [0.2, 0.25) is 5.02 Å². The number of carbonyl (C=O) groups excluding carboxylic acids is 2. The minimum absolute atomic E-state index is 0.244. The van der Waals surface area contributed by atoms with Gasteiger partial charge in [0.1, 0.15) is 0 Å². The van der Waals surface area contributed by atoms with E-state index >= 15 is 0 Å². The van der Waals surface area contributed by atoms with Crippen molar-refractivity contribution < 1.29 is 9.59 Å². The lowest BCUT2D eigenvalue weighted by molar-refractivity contribution is -0.136. The van der Waals surface area contributed by atoms with E-state index in [0.29, 0.717) is 10.7 Å². The van der Waals surface area contributed by atoms with Crippen molar-refractivity contribution in [3.8, 4) is 0 Å². The molecule has 0 aliphatic carbocycles.